The average Bonchev–Trinajstić information content (AvgIpc) is 3.86. The first-order valence-corrected chi connectivity index (χ1v) is 21.2. The lowest BCUT2D eigenvalue weighted by Gasteiger charge is -2.13. The van der Waals surface area contributed by atoms with Crippen LogP contribution in [0.25, 0.3) is 121 Å². The van der Waals surface area contributed by atoms with Crippen molar-refractivity contribution in [3.63, 3.8) is 0 Å². The summed E-state index contributed by atoms with van der Waals surface area (Å²) in [5, 5.41) is 10.7. The lowest BCUT2D eigenvalue weighted by atomic mass is 9.99. The number of hydrogen-bond acceptors (Lipinski definition) is 2. The van der Waals surface area contributed by atoms with Gasteiger partial charge in [-0.15, -0.1) is 0 Å². The second-order valence-corrected chi connectivity index (χ2v) is 16.2. The highest BCUT2D eigenvalue weighted by Gasteiger charge is 2.18. The van der Waals surface area contributed by atoms with Crippen LogP contribution in [0.15, 0.2) is 218 Å². The zero-order chi connectivity index (χ0) is 40.7. The smallest absolute Gasteiger partial charge is 0.160 e. The van der Waals surface area contributed by atoms with E-state index in [0.717, 1.165) is 55.4 Å². The molecule has 0 fully saturated rings. The third-order valence-electron chi connectivity index (χ3n) is 12.7. The second kappa shape index (κ2) is 13.6. The van der Waals surface area contributed by atoms with Crippen molar-refractivity contribution < 1.29 is 0 Å². The van der Waals surface area contributed by atoms with E-state index in [9.17, 15) is 0 Å². The molecule has 0 bridgehead atoms. The van der Waals surface area contributed by atoms with Crippen LogP contribution in [-0.2, 0) is 0 Å². The molecule has 288 valence electrons. The predicted molar refractivity (Wildman–Crippen MR) is 260 cm³/mol. The molecule has 10 aromatic carbocycles. The van der Waals surface area contributed by atoms with Gasteiger partial charge in [0.25, 0.3) is 0 Å². The molecule has 0 aliphatic carbocycles. The zero-order valence-corrected chi connectivity index (χ0v) is 33.6. The maximum atomic E-state index is 5.33. The van der Waals surface area contributed by atoms with Gasteiger partial charge in [-0.05, 0) is 100 Å². The third kappa shape index (κ3) is 5.33. The number of nitrogens with zero attached hydrogens (tertiary/aromatic N) is 4. The molecule has 0 atom stereocenters. The first kappa shape index (κ1) is 34.5. The van der Waals surface area contributed by atoms with E-state index in [2.05, 4.69) is 228 Å². The molecule has 62 heavy (non-hydrogen) atoms. The summed E-state index contributed by atoms with van der Waals surface area (Å²) in [7, 11) is 0. The van der Waals surface area contributed by atoms with Gasteiger partial charge in [0.2, 0.25) is 0 Å². The quantitative estimate of drug-likeness (QED) is 0.163. The monoisotopic (exact) mass is 788 g/mol. The summed E-state index contributed by atoms with van der Waals surface area (Å²) in [6, 6.07) is 78.6. The normalized spacial score (nSPS) is 11.9. The van der Waals surface area contributed by atoms with Crippen molar-refractivity contribution in [3.05, 3.63) is 218 Å². The molecule has 3 heterocycles. The molecule has 0 saturated carbocycles. The Morgan fingerprint density at radius 1 is 0.274 bits per heavy atom. The van der Waals surface area contributed by atoms with Crippen LogP contribution in [0.2, 0.25) is 0 Å². The number of benzene rings is 10. The predicted octanol–water partition coefficient (Wildman–Crippen LogP) is 15.1. The van der Waals surface area contributed by atoms with Gasteiger partial charge in [0.05, 0.1) is 33.3 Å². The lowest BCUT2D eigenvalue weighted by molar-refractivity contribution is 1.17. The summed E-state index contributed by atoms with van der Waals surface area (Å²) in [5.41, 5.74) is 13.2. The minimum absolute atomic E-state index is 0.705. The highest BCUT2D eigenvalue weighted by Crippen LogP contribution is 2.39. The third-order valence-corrected chi connectivity index (χ3v) is 12.7. The summed E-state index contributed by atoms with van der Waals surface area (Å²) < 4.78 is 4.78. The fraction of sp³-hybridized carbons (Fsp3) is 0. The first-order chi connectivity index (χ1) is 30.7. The minimum atomic E-state index is 0.705. The van der Waals surface area contributed by atoms with Crippen LogP contribution in [0.5, 0.6) is 0 Å². The van der Waals surface area contributed by atoms with Gasteiger partial charge >= 0.3 is 0 Å². The van der Waals surface area contributed by atoms with Crippen LogP contribution in [0, 0.1) is 0 Å². The van der Waals surface area contributed by atoms with Gasteiger partial charge in [-0.1, -0.05) is 146 Å². The maximum absolute atomic E-state index is 5.33. The van der Waals surface area contributed by atoms with Crippen LogP contribution in [0.1, 0.15) is 0 Å². The number of rotatable bonds is 5. The summed E-state index contributed by atoms with van der Waals surface area (Å²) in [6.07, 6.45) is 0. The van der Waals surface area contributed by atoms with Crippen LogP contribution >= 0.6 is 0 Å². The lowest BCUT2D eigenvalue weighted by Crippen LogP contribution is -1.97. The van der Waals surface area contributed by atoms with Gasteiger partial charge in [0, 0.05) is 54.8 Å². The van der Waals surface area contributed by atoms with Gasteiger partial charge in [-0.3, -0.25) is 0 Å². The van der Waals surface area contributed by atoms with E-state index in [1.807, 2.05) is 0 Å². The number of aromatic nitrogens is 4. The second-order valence-electron chi connectivity index (χ2n) is 16.2. The van der Waals surface area contributed by atoms with Crippen molar-refractivity contribution in [3.8, 4) is 45.1 Å². The van der Waals surface area contributed by atoms with Gasteiger partial charge in [0.1, 0.15) is 0 Å². The number of hydrogen-bond donors (Lipinski definition) is 0. The van der Waals surface area contributed by atoms with Gasteiger partial charge in [-0.25, -0.2) is 9.97 Å². The standard InChI is InChI=1S/C58H36N4/c1-2-15-44(16-3-1)61-52-20-10-8-18-47(52)49-31-27-41(35-54(49)61)42-28-32-50-48-19-9-11-21-53(48)62(55(50)36-42)45-29-24-39(25-30-45)58-59-56(43-23-22-37-12-4-5-14-40(37)34-43)51-33-26-38-13-6-7-17-46(38)57(51)60-58/h1-36H. The Balaban J connectivity index is 0.960. The van der Waals surface area contributed by atoms with E-state index < -0.39 is 0 Å². The van der Waals surface area contributed by atoms with Gasteiger partial charge in [-0.2, -0.15) is 0 Å². The number of para-hydroxylation sites is 3. The van der Waals surface area contributed by atoms with E-state index in [-0.39, 0.29) is 0 Å². The molecule has 0 aliphatic heterocycles. The maximum Gasteiger partial charge on any atom is 0.160 e. The molecule has 0 spiro atoms. The Hall–Kier alpha value is -8.34. The molecular weight excluding hydrogens is 753 g/mol. The molecule has 0 aliphatic rings. The van der Waals surface area contributed by atoms with E-state index >= 15 is 0 Å². The molecule has 4 heteroatoms. The Bertz CT molecular complexity index is 3910. The van der Waals surface area contributed by atoms with Crippen molar-refractivity contribution in [1.82, 2.24) is 19.1 Å². The van der Waals surface area contributed by atoms with E-state index in [4.69, 9.17) is 9.97 Å². The van der Waals surface area contributed by atoms with Crippen molar-refractivity contribution >= 4 is 76.1 Å². The molecular formula is C58H36N4. The van der Waals surface area contributed by atoms with Crippen LogP contribution in [0.4, 0.5) is 0 Å². The molecule has 0 amide bonds. The largest absolute Gasteiger partial charge is 0.309 e. The van der Waals surface area contributed by atoms with Crippen LogP contribution < -0.4 is 0 Å². The van der Waals surface area contributed by atoms with Crippen LogP contribution in [-0.4, -0.2) is 19.1 Å². The van der Waals surface area contributed by atoms with Crippen molar-refractivity contribution in [2.75, 3.05) is 0 Å². The topological polar surface area (TPSA) is 35.6 Å². The Morgan fingerprint density at radius 3 is 1.44 bits per heavy atom. The number of fused-ring (bicyclic) bond motifs is 10. The first-order valence-electron chi connectivity index (χ1n) is 21.2. The molecule has 13 aromatic rings. The van der Waals surface area contributed by atoms with Crippen LogP contribution in [0.3, 0.4) is 0 Å². The zero-order valence-electron chi connectivity index (χ0n) is 33.6. The van der Waals surface area contributed by atoms with Crippen molar-refractivity contribution in [2.45, 2.75) is 0 Å². The Labute approximate surface area is 357 Å². The molecule has 4 nitrogen and oxygen atoms in total. The molecule has 0 unspecified atom stereocenters. The fourth-order valence-electron chi connectivity index (χ4n) is 9.74. The summed E-state index contributed by atoms with van der Waals surface area (Å²) in [4.78, 5) is 10.6. The van der Waals surface area contributed by atoms with Gasteiger partial charge in [0.15, 0.2) is 5.82 Å². The highest BCUT2D eigenvalue weighted by atomic mass is 15.0. The minimum Gasteiger partial charge on any atom is -0.309 e. The highest BCUT2D eigenvalue weighted by molar-refractivity contribution is 6.13. The van der Waals surface area contributed by atoms with Crippen molar-refractivity contribution in [1.29, 1.82) is 0 Å². The molecule has 0 radical (unpaired) electrons. The average molecular weight is 789 g/mol. The SMILES string of the molecule is c1ccc(-n2c3ccccc3c3ccc(-c4ccc5c6ccccc6n(-c6ccc(-c7nc(-c8ccc9ccccc9c8)c8ccc9ccccc9c8n7)cc6)c5c4)cc32)cc1. The fourth-order valence-corrected chi connectivity index (χ4v) is 9.74. The molecule has 0 saturated heterocycles. The van der Waals surface area contributed by atoms with Gasteiger partial charge < -0.3 is 9.13 Å². The molecule has 13 rings (SSSR count). The summed E-state index contributed by atoms with van der Waals surface area (Å²) in [5.74, 6) is 0.705. The van der Waals surface area contributed by atoms with E-state index in [1.54, 1.807) is 0 Å². The Kier molecular flexibility index (Phi) is 7.57. The van der Waals surface area contributed by atoms with E-state index in [0.29, 0.717) is 5.82 Å². The Morgan fingerprint density at radius 2 is 0.758 bits per heavy atom. The summed E-state index contributed by atoms with van der Waals surface area (Å²) >= 11 is 0. The summed E-state index contributed by atoms with van der Waals surface area (Å²) in [6.45, 7) is 0. The molecule has 0 N–H and O–H groups in total. The van der Waals surface area contributed by atoms with E-state index in [1.165, 1.54) is 60.0 Å². The van der Waals surface area contributed by atoms with Crippen molar-refractivity contribution in [2.24, 2.45) is 0 Å². The molecule has 3 aromatic heterocycles.